The number of carbonyl (C=O) groups excluding carboxylic acids is 2. The molecule has 434 valence electrons. The minimum absolute atomic E-state index is 0.0121. The molecule has 10 N–H and O–H groups in total. The number of esters is 1. The lowest BCUT2D eigenvalue weighted by molar-refractivity contribution is -0.373. The molecule has 1 aromatic rings. The first-order valence-corrected chi connectivity index (χ1v) is 27.0. The molecule has 8 aliphatic rings. The number of methoxy groups -OCH3 is 2. The molecule has 77 heavy (non-hydrogen) atoms. The Kier molecular flexibility index (Phi) is 16.9. The summed E-state index contributed by atoms with van der Waals surface area (Å²) < 4.78 is 67.2. The quantitative estimate of drug-likeness (QED) is 0.0875. The van der Waals surface area contributed by atoms with Crippen molar-refractivity contribution >= 4 is 11.8 Å². The Labute approximate surface area is 447 Å². The summed E-state index contributed by atoms with van der Waals surface area (Å²) in [5, 5.41) is 112. The maximum Gasteiger partial charge on any atom is 0.338 e. The van der Waals surface area contributed by atoms with Crippen LogP contribution < -0.4 is 0 Å². The van der Waals surface area contributed by atoms with Crippen molar-refractivity contribution in [3.05, 3.63) is 41.5 Å². The average molecular weight is 1100 g/mol. The summed E-state index contributed by atoms with van der Waals surface area (Å²) in [7, 11) is 2.83. The van der Waals surface area contributed by atoms with Crippen LogP contribution in [-0.4, -0.2) is 223 Å². The van der Waals surface area contributed by atoms with Crippen LogP contribution in [0.25, 0.3) is 0 Å². The van der Waals surface area contributed by atoms with Crippen molar-refractivity contribution in [2.45, 2.75) is 239 Å². The SMILES string of the molecule is CO[C@@H]1[C@@H](O)[C@H](O[C@H]2[C@@H](OC)C[C@H](O[C@H]3[C@@H](O)C[C@H](O[C@H]4CC[C@@]5(C)C(=CC[C@]6(O)[C@@H]5C[C@@H](OC(=O)c5ccc(O)cc5)[C@@]5(C)[C@]6(O)CC[C@@]5(O)C(C)=O)C4)O[C@@H]3C)O[C@@H]2C)O[C@H](C)[C@H]1O[C@@H]1O[C@H](CO)[C@@H](O)[C@H](O)[C@H]1O. The third kappa shape index (κ3) is 9.92. The van der Waals surface area contributed by atoms with Crippen molar-refractivity contribution in [2.75, 3.05) is 20.8 Å². The number of phenolic OH excluding ortho intramolecular Hbond substituents is 1. The monoisotopic (exact) mass is 1100 g/mol. The molecule has 0 bridgehead atoms. The van der Waals surface area contributed by atoms with E-state index < -0.39 is 169 Å². The number of hydrogen-bond acceptors (Lipinski definition) is 23. The summed E-state index contributed by atoms with van der Waals surface area (Å²) in [6, 6.07) is 5.49. The Morgan fingerprint density at radius 1 is 0.701 bits per heavy atom. The highest BCUT2D eigenvalue weighted by Crippen LogP contribution is 2.71. The number of carbonyl (C=O) groups is 2. The van der Waals surface area contributed by atoms with Crippen LogP contribution in [0.5, 0.6) is 5.75 Å². The van der Waals surface area contributed by atoms with Gasteiger partial charge in [0.15, 0.2) is 30.9 Å². The second kappa shape index (κ2) is 22.1. The molecule has 23 nitrogen and oxygen atoms in total. The van der Waals surface area contributed by atoms with E-state index in [4.69, 9.17) is 52.1 Å². The summed E-state index contributed by atoms with van der Waals surface area (Å²) in [5.41, 5.74) is -7.37. The molecule has 0 spiro atoms. The number of rotatable bonds is 14. The molecule has 7 fully saturated rings. The van der Waals surface area contributed by atoms with Gasteiger partial charge in [0.05, 0.1) is 54.2 Å². The van der Waals surface area contributed by atoms with Gasteiger partial charge in [0.1, 0.15) is 83.6 Å². The van der Waals surface area contributed by atoms with E-state index in [0.29, 0.717) is 19.3 Å². The van der Waals surface area contributed by atoms with Gasteiger partial charge in [-0.3, -0.25) is 4.79 Å². The second-order valence-electron chi connectivity index (χ2n) is 23.2. The van der Waals surface area contributed by atoms with Crippen LogP contribution in [0.2, 0.25) is 0 Å². The third-order valence-electron chi connectivity index (χ3n) is 19.2. The number of Topliss-reactive ketones (excluding diaryl/α,β-unsaturated/α-hetero) is 1. The number of fused-ring (bicyclic) bond motifs is 5. The lowest BCUT2D eigenvalue weighted by atomic mass is 9.42. The number of ether oxygens (including phenoxy) is 11. The highest BCUT2D eigenvalue weighted by molar-refractivity contribution is 5.90. The van der Waals surface area contributed by atoms with E-state index in [0.717, 1.165) is 5.57 Å². The predicted octanol–water partition coefficient (Wildman–Crippen LogP) is 0.147. The molecule has 4 saturated heterocycles. The van der Waals surface area contributed by atoms with Crippen molar-refractivity contribution in [3.8, 4) is 5.75 Å². The topological polar surface area (TPSA) is 338 Å². The fourth-order valence-electron chi connectivity index (χ4n) is 14.5. The Hall–Kier alpha value is -2.86. The number of ketones is 1. The van der Waals surface area contributed by atoms with E-state index in [1.54, 1.807) is 20.8 Å². The first-order valence-electron chi connectivity index (χ1n) is 27.0. The molecule has 0 aromatic heterocycles. The molecule has 23 heteroatoms. The van der Waals surface area contributed by atoms with Gasteiger partial charge in [-0.05, 0) is 109 Å². The van der Waals surface area contributed by atoms with Crippen molar-refractivity contribution in [2.24, 2.45) is 16.7 Å². The van der Waals surface area contributed by atoms with E-state index >= 15 is 0 Å². The number of phenols is 1. The van der Waals surface area contributed by atoms with Gasteiger partial charge < -0.3 is 103 Å². The van der Waals surface area contributed by atoms with Gasteiger partial charge in [-0.15, -0.1) is 0 Å². The molecule has 0 amide bonds. The molecule has 0 unspecified atom stereocenters. The molecule has 3 saturated carbocycles. The molecule has 1 aromatic carbocycles. The highest BCUT2D eigenvalue weighted by Gasteiger charge is 2.81. The van der Waals surface area contributed by atoms with Crippen LogP contribution in [0, 0.1) is 16.7 Å². The Morgan fingerprint density at radius 2 is 1.34 bits per heavy atom. The average Bonchev–Trinajstić information content (AvgIpc) is 3.62. The van der Waals surface area contributed by atoms with Gasteiger partial charge >= 0.3 is 5.97 Å². The molecular formula is C54H80O23. The standard InChI is InChI=1S/C54H80O23/c1-24-43(75-38-21-33(67-7)44(25(2)70-38)76-49-42(62)46(68-8)45(26(3)71-49)77-48-41(61)40(60)39(59)34(23-55)73-48)32(58)20-37(69-24)72-31-14-15-50(5)29(19-31)13-16-53(65)35(50)22-36(74-47(63)28-9-11-30(57)12-10-28)51(6)52(64,27(4)56)17-18-54(51,53)66/h9-13,24-26,31-46,48-49,55,57-62,64-66H,14-23H2,1-8H3/t24-,25-,26-,31+,32+,33+,34-,35-,36-,37+,38+,39-,40+,41-,42-,43-,44-,45-,46-,48+,49+,50+,51-,52-,53+,54-/m1/s1. The zero-order valence-corrected chi connectivity index (χ0v) is 44.9. The lowest BCUT2D eigenvalue weighted by Crippen LogP contribution is -2.78. The van der Waals surface area contributed by atoms with E-state index in [1.807, 2.05) is 13.0 Å². The molecule has 4 heterocycles. The normalized spacial score (nSPS) is 49.9. The van der Waals surface area contributed by atoms with Crippen LogP contribution in [0.3, 0.4) is 0 Å². The minimum Gasteiger partial charge on any atom is -0.508 e. The smallest absolute Gasteiger partial charge is 0.338 e. The van der Waals surface area contributed by atoms with Crippen LogP contribution >= 0.6 is 0 Å². The molecule has 0 radical (unpaired) electrons. The Balaban J connectivity index is 0.808. The largest absolute Gasteiger partial charge is 0.508 e. The second-order valence-corrected chi connectivity index (χ2v) is 23.2. The number of aliphatic hydroxyl groups excluding tert-OH is 6. The van der Waals surface area contributed by atoms with Crippen LogP contribution in [-0.2, 0) is 56.9 Å². The number of benzene rings is 1. The minimum atomic E-state index is -2.11. The first kappa shape index (κ1) is 58.8. The Morgan fingerprint density at radius 3 is 1.97 bits per heavy atom. The predicted molar refractivity (Wildman–Crippen MR) is 262 cm³/mol. The summed E-state index contributed by atoms with van der Waals surface area (Å²) >= 11 is 0. The van der Waals surface area contributed by atoms with E-state index in [9.17, 15) is 60.7 Å². The van der Waals surface area contributed by atoms with Gasteiger partial charge in [0.2, 0.25) is 0 Å². The first-order chi connectivity index (χ1) is 36.3. The maximum absolute atomic E-state index is 13.7. The van der Waals surface area contributed by atoms with Crippen molar-refractivity contribution in [1.29, 1.82) is 0 Å². The van der Waals surface area contributed by atoms with Gasteiger partial charge in [0, 0.05) is 33.0 Å². The fourth-order valence-corrected chi connectivity index (χ4v) is 14.5. The van der Waals surface area contributed by atoms with Crippen molar-refractivity contribution in [3.63, 3.8) is 0 Å². The molecule has 9 rings (SSSR count). The molecular weight excluding hydrogens is 1020 g/mol. The van der Waals surface area contributed by atoms with Crippen LogP contribution in [0.4, 0.5) is 0 Å². The Bertz CT molecular complexity index is 2280. The van der Waals surface area contributed by atoms with Crippen LogP contribution in [0.15, 0.2) is 35.9 Å². The number of aliphatic hydroxyl groups is 9. The zero-order valence-electron chi connectivity index (χ0n) is 44.9. The van der Waals surface area contributed by atoms with Gasteiger partial charge in [0.25, 0.3) is 0 Å². The van der Waals surface area contributed by atoms with Gasteiger partial charge in [-0.1, -0.05) is 18.6 Å². The van der Waals surface area contributed by atoms with Crippen LogP contribution in [0.1, 0.15) is 110 Å². The molecule has 4 aliphatic carbocycles. The number of aromatic hydroxyl groups is 1. The van der Waals surface area contributed by atoms with E-state index in [2.05, 4.69) is 0 Å². The summed E-state index contributed by atoms with van der Waals surface area (Å²) in [4.78, 5) is 27.0. The third-order valence-corrected chi connectivity index (χ3v) is 19.2. The summed E-state index contributed by atoms with van der Waals surface area (Å²) in [5.74, 6) is -2.09. The summed E-state index contributed by atoms with van der Waals surface area (Å²) in [6.07, 6.45) is -18.0. The fraction of sp³-hybridized carbons (Fsp3) is 0.815. The molecule has 4 aliphatic heterocycles. The molecule has 26 atom stereocenters. The number of hydrogen-bond donors (Lipinski definition) is 10. The van der Waals surface area contributed by atoms with Gasteiger partial charge in [-0.2, -0.15) is 0 Å². The van der Waals surface area contributed by atoms with Gasteiger partial charge in [-0.25, -0.2) is 4.79 Å². The van der Waals surface area contributed by atoms with E-state index in [-0.39, 0.29) is 55.9 Å². The zero-order chi connectivity index (χ0) is 55.9. The summed E-state index contributed by atoms with van der Waals surface area (Å²) in [6.45, 7) is 9.27. The van der Waals surface area contributed by atoms with Crippen molar-refractivity contribution in [1.82, 2.24) is 0 Å². The highest BCUT2D eigenvalue weighted by atomic mass is 16.8. The van der Waals surface area contributed by atoms with Crippen molar-refractivity contribution < 1.29 is 113 Å². The lowest BCUT2D eigenvalue weighted by Gasteiger charge is -2.67. The van der Waals surface area contributed by atoms with E-state index in [1.165, 1.54) is 52.3 Å². The maximum atomic E-state index is 13.7.